The number of azo groups is 1. The minimum atomic E-state index is -3.83. The molecular formula is C19H19N3O5S2. The summed E-state index contributed by atoms with van der Waals surface area (Å²) in [6.07, 6.45) is 1.92. The molecule has 1 N–H and O–H groups in total. The minimum absolute atomic E-state index is 0.0104. The highest BCUT2D eigenvalue weighted by atomic mass is 32.2. The summed E-state index contributed by atoms with van der Waals surface area (Å²) >= 11 is 0. The van der Waals surface area contributed by atoms with Crippen LogP contribution in [0.15, 0.2) is 64.8 Å². The van der Waals surface area contributed by atoms with Crippen molar-refractivity contribution in [3.8, 4) is 5.75 Å². The quantitative estimate of drug-likeness (QED) is 0.460. The third-order valence-corrected chi connectivity index (χ3v) is 4.86. The maximum absolute atomic E-state index is 11.8. The van der Waals surface area contributed by atoms with E-state index in [1.165, 1.54) is 12.1 Å². The van der Waals surface area contributed by atoms with Gasteiger partial charge in [-0.15, -0.1) is 5.11 Å². The Labute approximate surface area is 169 Å². The molecule has 0 atom stereocenters. The highest BCUT2D eigenvalue weighted by Crippen LogP contribution is 2.39. The van der Waals surface area contributed by atoms with Crippen molar-refractivity contribution in [3.63, 3.8) is 0 Å². The average molecular weight is 434 g/mol. The lowest BCUT2D eigenvalue weighted by molar-refractivity contribution is 0.496. The van der Waals surface area contributed by atoms with Gasteiger partial charge in [-0.3, -0.25) is 4.72 Å². The van der Waals surface area contributed by atoms with Crippen LogP contribution in [0, 0.1) is 6.92 Å². The molecule has 0 radical (unpaired) electrons. The van der Waals surface area contributed by atoms with Gasteiger partial charge >= 0.3 is 10.1 Å². The van der Waals surface area contributed by atoms with Crippen molar-refractivity contribution in [2.45, 2.75) is 6.92 Å². The van der Waals surface area contributed by atoms with E-state index in [-0.39, 0.29) is 16.8 Å². The Kier molecular flexibility index (Phi) is 5.58. The molecule has 3 rings (SSSR count). The molecule has 0 bridgehead atoms. The van der Waals surface area contributed by atoms with E-state index in [4.69, 9.17) is 4.18 Å². The topological polar surface area (TPSA) is 114 Å². The second kappa shape index (κ2) is 7.80. The van der Waals surface area contributed by atoms with Crippen molar-refractivity contribution in [1.82, 2.24) is 0 Å². The summed E-state index contributed by atoms with van der Waals surface area (Å²) in [6, 6.07) is 15.3. The molecular weight excluding hydrogens is 414 g/mol. The second-order valence-corrected chi connectivity index (χ2v) is 9.84. The molecule has 152 valence electrons. The Balaban J connectivity index is 2.20. The number of benzene rings is 3. The van der Waals surface area contributed by atoms with Crippen LogP contribution >= 0.6 is 0 Å². The van der Waals surface area contributed by atoms with E-state index in [0.717, 1.165) is 18.1 Å². The number of aryl methyl sites for hydroxylation is 1. The zero-order valence-electron chi connectivity index (χ0n) is 15.9. The smallest absolute Gasteiger partial charge is 0.306 e. The Hall–Kier alpha value is -2.98. The lowest BCUT2D eigenvalue weighted by Gasteiger charge is -2.13. The van der Waals surface area contributed by atoms with Crippen molar-refractivity contribution in [1.29, 1.82) is 0 Å². The van der Waals surface area contributed by atoms with Gasteiger partial charge < -0.3 is 4.18 Å². The molecule has 0 amide bonds. The van der Waals surface area contributed by atoms with Crippen LogP contribution in [0.5, 0.6) is 5.75 Å². The van der Waals surface area contributed by atoms with E-state index >= 15 is 0 Å². The maximum Gasteiger partial charge on any atom is 0.306 e. The molecule has 0 aliphatic rings. The highest BCUT2D eigenvalue weighted by molar-refractivity contribution is 7.92. The van der Waals surface area contributed by atoms with Crippen molar-refractivity contribution in [3.05, 3.63) is 60.2 Å². The van der Waals surface area contributed by atoms with E-state index in [1.54, 1.807) is 24.3 Å². The molecule has 0 saturated heterocycles. The van der Waals surface area contributed by atoms with Gasteiger partial charge in [-0.05, 0) is 42.8 Å². The predicted octanol–water partition coefficient (Wildman–Crippen LogP) is 4.27. The number of hydrogen-bond donors (Lipinski definition) is 1. The Morgan fingerprint density at radius 1 is 0.897 bits per heavy atom. The molecule has 0 aromatic heterocycles. The van der Waals surface area contributed by atoms with Gasteiger partial charge in [0, 0.05) is 5.39 Å². The number of anilines is 1. The summed E-state index contributed by atoms with van der Waals surface area (Å²) in [7, 11) is -7.44. The van der Waals surface area contributed by atoms with Crippen LogP contribution in [0.1, 0.15) is 5.56 Å². The third-order valence-electron chi connectivity index (χ3n) is 3.79. The normalized spacial score (nSPS) is 12.4. The summed E-state index contributed by atoms with van der Waals surface area (Å²) < 4.78 is 54.3. The minimum Gasteiger partial charge on any atom is -0.382 e. The lowest BCUT2D eigenvalue weighted by atomic mass is 10.1. The molecule has 0 unspecified atom stereocenters. The number of hydrogen-bond acceptors (Lipinski definition) is 7. The van der Waals surface area contributed by atoms with Crippen LogP contribution in [-0.2, 0) is 20.1 Å². The first-order valence-electron chi connectivity index (χ1n) is 8.43. The van der Waals surface area contributed by atoms with E-state index in [9.17, 15) is 16.8 Å². The highest BCUT2D eigenvalue weighted by Gasteiger charge is 2.16. The Morgan fingerprint density at radius 2 is 1.62 bits per heavy atom. The fourth-order valence-electron chi connectivity index (χ4n) is 2.76. The Morgan fingerprint density at radius 3 is 2.28 bits per heavy atom. The van der Waals surface area contributed by atoms with Gasteiger partial charge in [-0.25, -0.2) is 8.42 Å². The molecule has 0 aliphatic heterocycles. The first-order valence-corrected chi connectivity index (χ1v) is 12.1. The molecule has 0 heterocycles. The maximum atomic E-state index is 11.8. The fraction of sp³-hybridized carbons (Fsp3) is 0.158. The van der Waals surface area contributed by atoms with Crippen molar-refractivity contribution >= 4 is 48.0 Å². The number of rotatable bonds is 6. The summed E-state index contributed by atoms with van der Waals surface area (Å²) in [5.74, 6) is -0.0104. The molecule has 0 spiro atoms. The molecule has 0 fully saturated rings. The number of nitrogens with zero attached hydrogens (tertiary/aromatic N) is 2. The molecule has 3 aromatic carbocycles. The third kappa shape index (κ3) is 5.52. The number of nitrogens with one attached hydrogen (secondary N) is 1. The van der Waals surface area contributed by atoms with Gasteiger partial charge in [0.2, 0.25) is 10.0 Å². The largest absolute Gasteiger partial charge is 0.382 e. The zero-order chi connectivity index (χ0) is 21.2. The van der Waals surface area contributed by atoms with Crippen LogP contribution in [0.3, 0.4) is 0 Å². The SMILES string of the molecule is Cc1cccc(N=Nc2ccc(NS(C)(=O)=O)c3c(OS(C)(=O)=O)cccc23)c1. The van der Waals surface area contributed by atoms with Gasteiger partial charge in [0.05, 0.1) is 35.0 Å². The molecule has 3 aromatic rings. The van der Waals surface area contributed by atoms with Gasteiger partial charge in [-0.1, -0.05) is 24.3 Å². The van der Waals surface area contributed by atoms with Crippen LogP contribution in [-0.4, -0.2) is 29.3 Å². The van der Waals surface area contributed by atoms with Gasteiger partial charge in [0.1, 0.15) is 0 Å². The van der Waals surface area contributed by atoms with Crippen LogP contribution < -0.4 is 8.91 Å². The fourth-order valence-corrected chi connectivity index (χ4v) is 3.80. The van der Waals surface area contributed by atoms with Crippen molar-refractivity contribution < 1.29 is 21.0 Å². The molecule has 10 heteroatoms. The lowest BCUT2D eigenvalue weighted by Crippen LogP contribution is -2.11. The van der Waals surface area contributed by atoms with E-state index in [1.807, 2.05) is 25.1 Å². The second-order valence-electron chi connectivity index (χ2n) is 6.51. The molecule has 0 aliphatic carbocycles. The number of sulfonamides is 1. The van der Waals surface area contributed by atoms with Gasteiger partial charge in [0.25, 0.3) is 0 Å². The van der Waals surface area contributed by atoms with Crippen molar-refractivity contribution in [2.75, 3.05) is 17.2 Å². The van der Waals surface area contributed by atoms with E-state index in [0.29, 0.717) is 16.8 Å². The Bertz CT molecular complexity index is 1280. The summed E-state index contributed by atoms with van der Waals surface area (Å²) in [4.78, 5) is 0. The van der Waals surface area contributed by atoms with Gasteiger partial charge in [-0.2, -0.15) is 13.5 Å². The molecule has 29 heavy (non-hydrogen) atoms. The van der Waals surface area contributed by atoms with Crippen LogP contribution in [0.25, 0.3) is 10.8 Å². The molecule has 0 saturated carbocycles. The standard InChI is InChI=1S/C19H19N3O5S2/c1-13-6-4-7-14(12-13)20-21-16-10-11-17(22-28(2,23)24)19-15(16)8-5-9-18(19)27-29(3,25)26/h4-12,22H,1-3H3. The zero-order valence-corrected chi connectivity index (χ0v) is 17.6. The van der Waals surface area contributed by atoms with Gasteiger partial charge in [0.15, 0.2) is 5.75 Å². The average Bonchev–Trinajstić information content (AvgIpc) is 2.58. The summed E-state index contributed by atoms with van der Waals surface area (Å²) in [5.41, 5.74) is 2.29. The van der Waals surface area contributed by atoms with Crippen molar-refractivity contribution in [2.24, 2.45) is 10.2 Å². The number of fused-ring (bicyclic) bond motifs is 1. The van der Waals surface area contributed by atoms with E-state index < -0.39 is 20.1 Å². The molecule has 8 nitrogen and oxygen atoms in total. The predicted molar refractivity (Wildman–Crippen MR) is 113 cm³/mol. The first-order chi connectivity index (χ1) is 13.5. The van der Waals surface area contributed by atoms with Crippen LogP contribution in [0.4, 0.5) is 17.1 Å². The monoisotopic (exact) mass is 433 g/mol. The van der Waals surface area contributed by atoms with Crippen LogP contribution in [0.2, 0.25) is 0 Å². The summed E-state index contributed by atoms with van der Waals surface area (Å²) in [5, 5.41) is 9.24. The van der Waals surface area contributed by atoms with E-state index in [2.05, 4.69) is 15.0 Å². The summed E-state index contributed by atoms with van der Waals surface area (Å²) in [6.45, 7) is 1.94. The first kappa shape index (κ1) is 20.7.